The maximum atomic E-state index is 11.4. The average molecular weight is 401 g/mol. The minimum atomic E-state index is -4.15. The Labute approximate surface area is 185 Å². The van der Waals surface area contributed by atoms with Gasteiger partial charge in [-0.1, -0.05) is 96.8 Å². The number of aliphatic hydroxyl groups is 1. The summed E-state index contributed by atoms with van der Waals surface area (Å²) in [6.07, 6.45) is 17.6. The molecule has 1 atom stereocenters. The molecule has 0 saturated heterocycles. The van der Waals surface area contributed by atoms with E-state index in [-0.39, 0.29) is 36.2 Å². The van der Waals surface area contributed by atoms with E-state index in [4.69, 9.17) is 5.11 Å². The molecular weight excluding hydrogens is 359 g/mol. The van der Waals surface area contributed by atoms with E-state index in [0.717, 1.165) is 64.2 Å². The van der Waals surface area contributed by atoms with Gasteiger partial charge in [0.25, 0.3) is 0 Å². The molecule has 0 heterocycles. The Bertz CT molecular complexity index is 354. The minimum absolute atomic E-state index is 0. The van der Waals surface area contributed by atoms with Crippen LogP contribution in [0, 0.1) is 0 Å². The molecule has 0 aromatic heterocycles. The summed E-state index contributed by atoms with van der Waals surface area (Å²) in [6, 6.07) is 0. The molecule has 152 valence electrons. The van der Waals surface area contributed by atoms with Crippen LogP contribution in [0.15, 0.2) is 0 Å². The van der Waals surface area contributed by atoms with Gasteiger partial charge in [-0.3, -0.25) is 0 Å². The smallest absolute Gasteiger partial charge is 0.748 e. The second-order valence-corrected chi connectivity index (χ2v) is 9.02. The number of aliphatic hydroxyl groups excluding tert-OH is 1. The molecule has 0 bridgehead atoms. The van der Waals surface area contributed by atoms with Gasteiger partial charge in [0.1, 0.15) is 0 Å². The second-order valence-electron chi connectivity index (χ2n) is 7.37. The Morgan fingerprint density at radius 2 is 1.04 bits per heavy atom. The molecule has 0 aliphatic heterocycles. The summed E-state index contributed by atoms with van der Waals surface area (Å²) in [7, 11) is -4.15. The van der Waals surface area contributed by atoms with Crippen LogP contribution in [0.4, 0.5) is 0 Å². The predicted molar refractivity (Wildman–Crippen MR) is 105 cm³/mol. The number of unbranched alkanes of at least 4 members (excludes halogenated alkanes) is 13. The van der Waals surface area contributed by atoms with Gasteiger partial charge in [0.15, 0.2) is 0 Å². The second kappa shape index (κ2) is 20.6. The van der Waals surface area contributed by atoms with E-state index < -0.39 is 15.4 Å². The molecule has 0 rings (SSSR count). The number of rotatable bonds is 19. The zero-order valence-electron chi connectivity index (χ0n) is 17.4. The first-order valence-electron chi connectivity index (χ1n) is 10.6. The Morgan fingerprint density at radius 3 is 1.38 bits per heavy atom. The van der Waals surface area contributed by atoms with Crippen LogP contribution < -0.4 is 29.6 Å². The maximum absolute atomic E-state index is 11.4. The Morgan fingerprint density at radius 1 is 0.692 bits per heavy atom. The summed E-state index contributed by atoms with van der Waals surface area (Å²) in [6.45, 7) is 2.47. The van der Waals surface area contributed by atoms with Gasteiger partial charge >= 0.3 is 29.6 Å². The standard InChI is InChI=1S/C20H42O4S.Na/c1-2-3-4-5-6-8-11-14-17-20(25(22,23)24)18-15-12-9-7-10-13-16-19-21;/h20-21H,2-19H2,1H3,(H,22,23,24);/q;+1/p-1. The van der Waals surface area contributed by atoms with Gasteiger partial charge in [0.2, 0.25) is 0 Å². The summed E-state index contributed by atoms with van der Waals surface area (Å²) >= 11 is 0. The van der Waals surface area contributed by atoms with E-state index >= 15 is 0 Å². The van der Waals surface area contributed by atoms with Crippen LogP contribution in [0.25, 0.3) is 0 Å². The SMILES string of the molecule is CCCCCCCCCCC(CCCCCCCCCO)S(=O)(=O)[O-].[Na+]. The monoisotopic (exact) mass is 400 g/mol. The first kappa shape index (κ1) is 29.1. The van der Waals surface area contributed by atoms with E-state index in [1.54, 1.807) is 0 Å². The van der Waals surface area contributed by atoms with Gasteiger partial charge in [0.05, 0.1) is 10.1 Å². The summed E-state index contributed by atoms with van der Waals surface area (Å²) in [5.74, 6) is 0. The molecule has 1 N–H and O–H groups in total. The predicted octanol–water partition coefficient (Wildman–Crippen LogP) is 2.55. The van der Waals surface area contributed by atoms with Crippen molar-refractivity contribution in [1.29, 1.82) is 0 Å². The summed E-state index contributed by atoms with van der Waals surface area (Å²) < 4.78 is 34.3. The van der Waals surface area contributed by atoms with Gasteiger partial charge < -0.3 is 9.66 Å². The Hall–Kier alpha value is 0.870. The molecule has 0 saturated carbocycles. The van der Waals surface area contributed by atoms with Crippen molar-refractivity contribution in [1.82, 2.24) is 0 Å². The van der Waals surface area contributed by atoms with Crippen LogP contribution in [0.5, 0.6) is 0 Å². The van der Waals surface area contributed by atoms with E-state index in [2.05, 4.69) is 6.92 Å². The molecule has 0 fully saturated rings. The van der Waals surface area contributed by atoms with Crippen molar-refractivity contribution >= 4 is 10.1 Å². The van der Waals surface area contributed by atoms with Gasteiger partial charge in [-0.15, -0.1) is 0 Å². The molecule has 0 aromatic carbocycles. The fraction of sp³-hybridized carbons (Fsp3) is 1.00. The third-order valence-corrected chi connectivity index (χ3v) is 6.26. The van der Waals surface area contributed by atoms with Crippen molar-refractivity contribution in [2.24, 2.45) is 0 Å². The first-order valence-corrected chi connectivity index (χ1v) is 12.0. The fourth-order valence-corrected chi connectivity index (χ4v) is 4.22. The molecule has 0 aromatic rings. The van der Waals surface area contributed by atoms with Crippen LogP contribution in [0.1, 0.15) is 116 Å². The van der Waals surface area contributed by atoms with E-state index in [9.17, 15) is 13.0 Å². The van der Waals surface area contributed by atoms with Crippen molar-refractivity contribution in [2.75, 3.05) is 6.61 Å². The van der Waals surface area contributed by atoms with Gasteiger partial charge in [-0.25, -0.2) is 8.42 Å². The largest absolute Gasteiger partial charge is 1.00 e. The average Bonchev–Trinajstić information content (AvgIpc) is 2.56. The normalized spacial score (nSPS) is 12.7. The third-order valence-electron chi connectivity index (χ3n) is 4.97. The van der Waals surface area contributed by atoms with Crippen molar-refractivity contribution in [3.63, 3.8) is 0 Å². The first-order chi connectivity index (χ1) is 12.0. The summed E-state index contributed by atoms with van der Waals surface area (Å²) in [5, 5.41) is 8.03. The van der Waals surface area contributed by atoms with Crippen molar-refractivity contribution in [2.45, 2.75) is 121 Å². The topological polar surface area (TPSA) is 77.4 Å². The molecule has 0 radical (unpaired) electrons. The van der Waals surface area contributed by atoms with Crippen LogP contribution >= 0.6 is 0 Å². The molecule has 0 amide bonds. The fourth-order valence-electron chi connectivity index (χ4n) is 3.31. The maximum Gasteiger partial charge on any atom is 1.00 e. The molecule has 0 aliphatic rings. The van der Waals surface area contributed by atoms with Gasteiger partial charge in [0, 0.05) is 11.9 Å². The zero-order chi connectivity index (χ0) is 18.8. The minimum Gasteiger partial charge on any atom is -0.748 e. The van der Waals surface area contributed by atoms with Gasteiger partial charge in [-0.2, -0.15) is 0 Å². The molecule has 0 spiro atoms. The molecule has 0 aliphatic carbocycles. The Kier molecular flexibility index (Phi) is 23.0. The zero-order valence-corrected chi connectivity index (χ0v) is 20.2. The van der Waals surface area contributed by atoms with E-state index in [0.29, 0.717) is 12.8 Å². The van der Waals surface area contributed by atoms with E-state index in [1.165, 1.54) is 32.1 Å². The molecular formula is C20H41NaO4S. The summed E-state index contributed by atoms with van der Waals surface area (Å²) in [4.78, 5) is 0. The van der Waals surface area contributed by atoms with Gasteiger partial charge in [-0.05, 0) is 19.3 Å². The number of hydrogen-bond acceptors (Lipinski definition) is 4. The molecule has 4 nitrogen and oxygen atoms in total. The molecule has 1 unspecified atom stereocenters. The van der Waals surface area contributed by atoms with Crippen molar-refractivity contribution < 1.29 is 47.6 Å². The Balaban J connectivity index is 0. The number of hydrogen-bond donors (Lipinski definition) is 1. The van der Waals surface area contributed by atoms with Crippen LogP contribution in [-0.4, -0.2) is 29.9 Å². The van der Waals surface area contributed by atoms with Crippen molar-refractivity contribution in [3.05, 3.63) is 0 Å². The third kappa shape index (κ3) is 19.6. The molecule has 26 heavy (non-hydrogen) atoms. The quantitative estimate of drug-likeness (QED) is 0.205. The van der Waals surface area contributed by atoms with E-state index in [1.807, 2.05) is 0 Å². The van der Waals surface area contributed by atoms with Crippen LogP contribution in [0.2, 0.25) is 0 Å². The summed E-state index contributed by atoms with van der Waals surface area (Å²) in [5.41, 5.74) is 0. The van der Waals surface area contributed by atoms with Crippen LogP contribution in [0.3, 0.4) is 0 Å². The molecule has 6 heteroatoms. The van der Waals surface area contributed by atoms with Crippen LogP contribution in [-0.2, 0) is 10.1 Å². The van der Waals surface area contributed by atoms with Crippen molar-refractivity contribution in [3.8, 4) is 0 Å².